The molecule has 2 rings (SSSR count). The highest BCUT2D eigenvalue weighted by Gasteiger charge is 2.11. The summed E-state index contributed by atoms with van der Waals surface area (Å²) in [5, 5.41) is 17.7. The van der Waals surface area contributed by atoms with Gasteiger partial charge in [0.15, 0.2) is 5.69 Å². The molecule has 2 aromatic heterocycles. The Morgan fingerprint density at radius 1 is 1.62 bits per heavy atom. The van der Waals surface area contributed by atoms with Crippen LogP contribution in [0.4, 0.5) is 0 Å². The van der Waals surface area contributed by atoms with E-state index in [0.717, 1.165) is 0 Å². The van der Waals surface area contributed by atoms with Crippen LogP contribution in [0.3, 0.4) is 0 Å². The second kappa shape index (κ2) is 3.64. The molecule has 6 nitrogen and oxygen atoms in total. The molecule has 0 fully saturated rings. The maximum absolute atomic E-state index is 10.8. The summed E-state index contributed by atoms with van der Waals surface area (Å²) in [5.74, 6) is -0.563. The summed E-state index contributed by atoms with van der Waals surface area (Å²) in [7, 11) is 0. The molecule has 0 unspecified atom stereocenters. The summed E-state index contributed by atoms with van der Waals surface area (Å²) < 4.78 is 1.53. The van der Waals surface area contributed by atoms with E-state index < -0.39 is 5.97 Å². The van der Waals surface area contributed by atoms with E-state index >= 15 is 0 Å². The number of fused-ring (bicyclic) bond motifs is 1. The van der Waals surface area contributed by atoms with E-state index in [1.54, 1.807) is 6.07 Å². The number of aromatic nitrogens is 2. The fraction of sp³-hybridized carbons (Fsp3) is 0.100. The number of nitrogens with two attached hydrogens (primary N) is 1. The van der Waals surface area contributed by atoms with E-state index in [1.807, 2.05) is 6.07 Å². The molecule has 2 aromatic rings. The Labute approximate surface area is 90.6 Å². The van der Waals surface area contributed by atoms with Crippen LogP contribution in [0.1, 0.15) is 21.9 Å². The molecular weight excluding hydrogens is 208 g/mol. The minimum Gasteiger partial charge on any atom is -0.478 e. The van der Waals surface area contributed by atoms with Crippen molar-refractivity contribution in [1.29, 1.82) is 5.26 Å². The molecule has 0 aliphatic carbocycles. The van der Waals surface area contributed by atoms with Crippen LogP contribution >= 0.6 is 0 Å². The van der Waals surface area contributed by atoms with Crippen molar-refractivity contribution in [2.75, 3.05) is 0 Å². The van der Waals surface area contributed by atoms with Crippen molar-refractivity contribution >= 4 is 11.5 Å². The maximum Gasteiger partial charge on any atom is 0.337 e. The Balaban J connectivity index is 2.77. The Morgan fingerprint density at radius 3 is 2.94 bits per heavy atom. The molecule has 80 valence electrons. The van der Waals surface area contributed by atoms with Crippen LogP contribution in [0.2, 0.25) is 0 Å². The number of pyridine rings is 1. The van der Waals surface area contributed by atoms with Gasteiger partial charge in [0.1, 0.15) is 11.9 Å². The third kappa shape index (κ3) is 1.39. The van der Waals surface area contributed by atoms with Gasteiger partial charge < -0.3 is 15.2 Å². The van der Waals surface area contributed by atoms with Crippen LogP contribution in [0.15, 0.2) is 18.3 Å². The summed E-state index contributed by atoms with van der Waals surface area (Å²) in [6.07, 6.45) is 1.41. The average molecular weight is 216 g/mol. The molecule has 0 aliphatic rings. The summed E-state index contributed by atoms with van der Waals surface area (Å²) in [4.78, 5) is 14.8. The minimum atomic E-state index is -1.03. The number of carboxylic acid groups (broad SMARTS) is 1. The highest BCUT2D eigenvalue weighted by atomic mass is 16.4. The molecule has 6 heteroatoms. The number of rotatable bonds is 2. The van der Waals surface area contributed by atoms with Crippen molar-refractivity contribution in [2.24, 2.45) is 5.73 Å². The van der Waals surface area contributed by atoms with Crippen LogP contribution in [0, 0.1) is 11.3 Å². The van der Waals surface area contributed by atoms with E-state index in [2.05, 4.69) is 4.98 Å². The van der Waals surface area contributed by atoms with E-state index in [-0.39, 0.29) is 17.8 Å². The SMILES string of the molecule is N#Cc1nc(CN)n2cc(C(=O)O)ccc12. The van der Waals surface area contributed by atoms with Crippen molar-refractivity contribution in [2.45, 2.75) is 6.54 Å². The molecular formula is C10H8N4O2. The number of aromatic carboxylic acids is 1. The van der Waals surface area contributed by atoms with Gasteiger partial charge in [0.25, 0.3) is 0 Å². The van der Waals surface area contributed by atoms with Gasteiger partial charge in [-0.05, 0) is 12.1 Å². The molecule has 0 spiro atoms. The normalized spacial score (nSPS) is 10.2. The lowest BCUT2D eigenvalue weighted by atomic mass is 10.2. The number of nitrogens with zero attached hydrogens (tertiary/aromatic N) is 3. The monoisotopic (exact) mass is 216 g/mol. The average Bonchev–Trinajstić information content (AvgIpc) is 2.65. The molecule has 0 radical (unpaired) electrons. The minimum absolute atomic E-state index is 0.129. The smallest absolute Gasteiger partial charge is 0.337 e. The van der Waals surface area contributed by atoms with Crippen LogP contribution < -0.4 is 5.73 Å². The third-order valence-electron chi connectivity index (χ3n) is 2.25. The molecule has 0 saturated heterocycles. The zero-order valence-corrected chi connectivity index (χ0v) is 8.21. The van der Waals surface area contributed by atoms with Crippen molar-refractivity contribution < 1.29 is 9.90 Å². The number of carboxylic acids is 1. The van der Waals surface area contributed by atoms with Crippen LogP contribution in [0.5, 0.6) is 0 Å². The maximum atomic E-state index is 10.8. The second-order valence-corrected chi connectivity index (χ2v) is 3.17. The number of imidazole rings is 1. The predicted octanol–water partition coefficient (Wildman–Crippen LogP) is 0.363. The number of hydrogen-bond acceptors (Lipinski definition) is 4. The molecule has 0 bridgehead atoms. The molecule has 0 aliphatic heterocycles. The molecule has 0 atom stereocenters. The molecule has 16 heavy (non-hydrogen) atoms. The number of nitriles is 1. The quantitative estimate of drug-likeness (QED) is 0.754. The molecule has 3 N–H and O–H groups in total. The van der Waals surface area contributed by atoms with Gasteiger partial charge in [-0.25, -0.2) is 9.78 Å². The summed E-state index contributed by atoms with van der Waals surface area (Å²) in [5.41, 5.74) is 6.41. The highest BCUT2D eigenvalue weighted by molar-refractivity contribution is 5.87. The molecule has 0 aromatic carbocycles. The Kier molecular flexibility index (Phi) is 2.31. The van der Waals surface area contributed by atoms with Gasteiger partial charge in [-0.3, -0.25) is 0 Å². The van der Waals surface area contributed by atoms with Crippen molar-refractivity contribution in [3.63, 3.8) is 0 Å². The van der Waals surface area contributed by atoms with E-state index in [9.17, 15) is 4.79 Å². The summed E-state index contributed by atoms with van der Waals surface area (Å²) in [6.45, 7) is 0.145. The largest absolute Gasteiger partial charge is 0.478 e. The van der Waals surface area contributed by atoms with E-state index in [4.69, 9.17) is 16.1 Å². The van der Waals surface area contributed by atoms with Gasteiger partial charge in [0, 0.05) is 6.20 Å². The van der Waals surface area contributed by atoms with Gasteiger partial charge in [-0.2, -0.15) is 5.26 Å². The van der Waals surface area contributed by atoms with Crippen molar-refractivity contribution in [1.82, 2.24) is 9.38 Å². The van der Waals surface area contributed by atoms with E-state index in [1.165, 1.54) is 16.7 Å². The molecule has 2 heterocycles. The predicted molar refractivity (Wildman–Crippen MR) is 54.8 cm³/mol. The van der Waals surface area contributed by atoms with Gasteiger partial charge in [0.2, 0.25) is 0 Å². The first-order valence-electron chi connectivity index (χ1n) is 4.52. The first kappa shape index (κ1) is 10.1. The Bertz CT molecular complexity index is 609. The lowest BCUT2D eigenvalue weighted by Gasteiger charge is -1.99. The van der Waals surface area contributed by atoms with Gasteiger partial charge in [-0.15, -0.1) is 0 Å². The molecule has 0 saturated carbocycles. The van der Waals surface area contributed by atoms with Crippen LogP contribution in [-0.2, 0) is 6.54 Å². The van der Waals surface area contributed by atoms with E-state index in [0.29, 0.717) is 11.3 Å². The first-order chi connectivity index (χ1) is 7.67. The van der Waals surface area contributed by atoms with Gasteiger partial charge in [0.05, 0.1) is 17.6 Å². The summed E-state index contributed by atoms with van der Waals surface area (Å²) >= 11 is 0. The first-order valence-corrected chi connectivity index (χ1v) is 4.52. The Morgan fingerprint density at radius 2 is 2.38 bits per heavy atom. The second-order valence-electron chi connectivity index (χ2n) is 3.17. The molecule has 0 amide bonds. The lowest BCUT2D eigenvalue weighted by Crippen LogP contribution is -2.04. The standard InChI is InChI=1S/C10H8N4O2/c11-3-7-8-2-1-6(10(15)16)5-14(8)9(4-12)13-7/h1-2,5H,4,12H2,(H,15,16). The van der Waals surface area contributed by atoms with Gasteiger partial charge >= 0.3 is 5.97 Å². The Hall–Kier alpha value is -2.39. The van der Waals surface area contributed by atoms with Crippen molar-refractivity contribution in [3.05, 3.63) is 35.4 Å². The van der Waals surface area contributed by atoms with Gasteiger partial charge in [-0.1, -0.05) is 0 Å². The van der Waals surface area contributed by atoms with Crippen LogP contribution in [0.25, 0.3) is 5.52 Å². The van der Waals surface area contributed by atoms with Crippen LogP contribution in [-0.4, -0.2) is 20.5 Å². The fourth-order valence-corrected chi connectivity index (χ4v) is 1.50. The zero-order valence-electron chi connectivity index (χ0n) is 8.21. The summed E-state index contributed by atoms with van der Waals surface area (Å²) in [6, 6.07) is 4.92. The number of carbonyl (C=O) groups is 1. The fourth-order valence-electron chi connectivity index (χ4n) is 1.50. The zero-order chi connectivity index (χ0) is 11.7. The number of hydrogen-bond donors (Lipinski definition) is 2. The lowest BCUT2D eigenvalue weighted by molar-refractivity contribution is 0.0696. The third-order valence-corrected chi connectivity index (χ3v) is 2.25. The topological polar surface area (TPSA) is 104 Å². The highest BCUT2D eigenvalue weighted by Crippen LogP contribution is 2.14. The van der Waals surface area contributed by atoms with Crippen molar-refractivity contribution in [3.8, 4) is 6.07 Å².